The summed E-state index contributed by atoms with van der Waals surface area (Å²) in [6.07, 6.45) is 0. The van der Waals surface area contributed by atoms with Gasteiger partial charge in [-0.05, 0) is 49.1 Å². The molecule has 0 bridgehead atoms. The summed E-state index contributed by atoms with van der Waals surface area (Å²) in [6.45, 7) is 7.22. The average molecular weight is 443 g/mol. The predicted molar refractivity (Wildman–Crippen MR) is 126 cm³/mol. The van der Waals surface area contributed by atoms with Gasteiger partial charge in [-0.25, -0.2) is 0 Å². The molecule has 1 amide bonds. The summed E-state index contributed by atoms with van der Waals surface area (Å²) in [5.41, 5.74) is 2.38. The van der Waals surface area contributed by atoms with Crippen molar-refractivity contribution in [2.45, 2.75) is 6.92 Å². The number of halogens is 1. The number of furan rings is 1. The molecule has 1 fully saturated rings. The molecule has 2 aromatic carbocycles. The Labute approximate surface area is 185 Å². The van der Waals surface area contributed by atoms with Gasteiger partial charge < -0.3 is 19.5 Å². The number of thiocarbonyl (C=S) groups is 1. The van der Waals surface area contributed by atoms with Crippen LogP contribution in [0, 0.1) is 0 Å². The van der Waals surface area contributed by atoms with Crippen molar-refractivity contribution in [3.05, 3.63) is 59.3 Å². The van der Waals surface area contributed by atoms with Gasteiger partial charge in [0, 0.05) is 37.3 Å². The van der Waals surface area contributed by atoms with Crippen LogP contribution in [0.15, 0.2) is 52.9 Å². The molecule has 4 rings (SSSR count). The Balaban J connectivity index is 1.37. The van der Waals surface area contributed by atoms with Crippen molar-refractivity contribution in [3.8, 4) is 0 Å². The summed E-state index contributed by atoms with van der Waals surface area (Å²) in [5, 5.41) is 7.35. The lowest BCUT2D eigenvalue weighted by molar-refractivity contribution is 0.0953. The first-order chi connectivity index (χ1) is 14.5. The first-order valence-corrected chi connectivity index (χ1v) is 10.7. The number of nitrogens with one attached hydrogen (secondary N) is 2. The Hall–Kier alpha value is -2.61. The van der Waals surface area contributed by atoms with Crippen molar-refractivity contribution in [3.63, 3.8) is 0 Å². The number of rotatable bonds is 4. The van der Waals surface area contributed by atoms with E-state index in [2.05, 4.69) is 27.4 Å². The molecule has 1 aliphatic heterocycles. The summed E-state index contributed by atoms with van der Waals surface area (Å²) in [7, 11) is 0. The maximum Gasteiger partial charge on any atom is 0.293 e. The van der Waals surface area contributed by atoms with E-state index in [0.717, 1.165) is 43.8 Å². The summed E-state index contributed by atoms with van der Waals surface area (Å²) >= 11 is 11.8. The first kappa shape index (κ1) is 20.7. The zero-order valence-electron chi connectivity index (χ0n) is 16.7. The summed E-state index contributed by atoms with van der Waals surface area (Å²) < 4.78 is 5.57. The summed E-state index contributed by atoms with van der Waals surface area (Å²) in [6, 6.07) is 14.9. The maximum atomic E-state index is 12.4. The number of para-hydroxylation sites is 1. The van der Waals surface area contributed by atoms with Crippen LogP contribution in [0.5, 0.6) is 0 Å². The number of hydrogen-bond acceptors (Lipinski definition) is 5. The molecular weight excluding hydrogens is 420 g/mol. The standard InChI is InChI=1S/C22H23ClN4O2S/c1-2-26-9-11-27(12-10-26)18-8-7-16(14-17(18)23)24-22(30)25-21(28)20-13-15-5-3-4-6-19(15)29-20/h3-8,13-14H,2,9-12H2,1H3,(H2,24,25,28,30). The third kappa shape index (κ3) is 4.59. The Morgan fingerprint density at radius 1 is 1.13 bits per heavy atom. The zero-order valence-corrected chi connectivity index (χ0v) is 18.2. The minimum Gasteiger partial charge on any atom is -0.451 e. The third-order valence-electron chi connectivity index (χ3n) is 5.24. The lowest BCUT2D eigenvalue weighted by Gasteiger charge is -2.36. The predicted octanol–water partition coefficient (Wildman–Crippen LogP) is 4.35. The molecule has 156 valence electrons. The number of piperazine rings is 1. The van der Waals surface area contributed by atoms with E-state index in [0.29, 0.717) is 16.3 Å². The Morgan fingerprint density at radius 3 is 2.60 bits per heavy atom. The molecule has 8 heteroatoms. The van der Waals surface area contributed by atoms with Gasteiger partial charge in [0.15, 0.2) is 10.9 Å². The van der Waals surface area contributed by atoms with Crippen molar-refractivity contribution in [2.24, 2.45) is 0 Å². The zero-order chi connectivity index (χ0) is 21.1. The number of hydrogen-bond donors (Lipinski definition) is 2. The van der Waals surface area contributed by atoms with Crippen molar-refractivity contribution in [2.75, 3.05) is 42.9 Å². The number of amides is 1. The SMILES string of the molecule is CCN1CCN(c2ccc(NC(=S)NC(=O)c3cc4ccccc4o3)cc2Cl)CC1. The molecule has 2 heterocycles. The van der Waals surface area contributed by atoms with E-state index < -0.39 is 5.91 Å². The third-order valence-corrected chi connectivity index (χ3v) is 5.75. The van der Waals surface area contributed by atoms with E-state index in [1.165, 1.54) is 0 Å². The molecular formula is C22H23ClN4O2S. The molecule has 0 aliphatic carbocycles. The Kier molecular flexibility index (Phi) is 6.22. The second-order valence-corrected chi connectivity index (χ2v) is 7.96. The first-order valence-electron chi connectivity index (χ1n) is 9.91. The van der Waals surface area contributed by atoms with Gasteiger partial charge in [0.05, 0.1) is 10.7 Å². The second kappa shape index (κ2) is 9.04. The van der Waals surface area contributed by atoms with Crippen molar-refractivity contribution in [1.29, 1.82) is 0 Å². The number of fused-ring (bicyclic) bond motifs is 1. The van der Waals surface area contributed by atoms with Gasteiger partial charge in [0.25, 0.3) is 5.91 Å². The quantitative estimate of drug-likeness (QED) is 0.585. The van der Waals surface area contributed by atoms with Crippen molar-refractivity contribution < 1.29 is 9.21 Å². The van der Waals surface area contributed by atoms with Gasteiger partial charge in [0.2, 0.25) is 0 Å². The number of anilines is 2. The maximum absolute atomic E-state index is 12.4. The van der Waals surface area contributed by atoms with Crippen LogP contribution in [0.3, 0.4) is 0 Å². The fourth-order valence-corrected chi connectivity index (χ4v) is 4.08. The van der Waals surface area contributed by atoms with Crippen LogP contribution in [-0.4, -0.2) is 48.6 Å². The van der Waals surface area contributed by atoms with Crippen LogP contribution >= 0.6 is 23.8 Å². The summed E-state index contributed by atoms with van der Waals surface area (Å²) in [4.78, 5) is 17.1. The molecule has 30 heavy (non-hydrogen) atoms. The van der Waals surface area contributed by atoms with E-state index in [1.54, 1.807) is 6.07 Å². The molecule has 2 N–H and O–H groups in total. The lowest BCUT2D eigenvalue weighted by atomic mass is 10.2. The number of carbonyl (C=O) groups is 1. The van der Waals surface area contributed by atoms with E-state index in [9.17, 15) is 4.79 Å². The van der Waals surface area contributed by atoms with E-state index in [1.807, 2.05) is 42.5 Å². The highest BCUT2D eigenvalue weighted by molar-refractivity contribution is 7.80. The number of likely N-dealkylation sites (N-methyl/N-ethyl adjacent to an activating group) is 1. The fourth-order valence-electron chi connectivity index (χ4n) is 3.57. The lowest BCUT2D eigenvalue weighted by Crippen LogP contribution is -2.46. The fraction of sp³-hybridized carbons (Fsp3) is 0.273. The molecule has 1 saturated heterocycles. The highest BCUT2D eigenvalue weighted by Crippen LogP contribution is 2.29. The highest BCUT2D eigenvalue weighted by Gasteiger charge is 2.18. The van der Waals surface area contributed by atoms with E-state index >= 15 is 0 Å². The molecule has 3 aromatic rings. The molecule has 0 spiro atoms. The minimum absolute atomic E-state index is 0.181. The molecule has 0 saturated carbocycles. The second-order valence-electron chi connectivity index (χ2n) is 7.14. The normalized spacial score (nSPS) is 14.7. The monoisotopic (exact) mass is 442 g/mol. The largest absolute Gasteiger partial charge is 0.451 e. The molecule has 1 aromatic heterocycles. The molecule has 1 aliphatic rings. The van der Waals surface area contributed by atoms with Crippen LogP contribution in [-0.2, 0) is 0 Å². The average Bonchev–Trinajstić information content (AvgIpc) is 3.18. The number of carbonyl (C=O) groups excluding carboxylic acids is 1. The van der Waals surface area contributed by atoms with Crippen LogP contribution in [0.25, 0.3) is 11.0 Å². The molecule has 0 radical (unpaired) electrons. The van der Waals surface area contributed by atoms with Gasteiger partial charge in [-0.3, -0.25) is 10.1 Å². The van der Waals surface area contributed by atoms with Gasteiger partial charge in [-0.15, -0.1) is 0 Å². The van der Waals surface area contributed by atoms with Crippen LogP contribution in [0.4, 0.5) is 11.4 Å². The van der Waals surface area contributed by atoms with Crippen molar-refractivity contribution in [1.82, 2.24) is 10.2 Å². The van der Waals surface area contributed by atoms with Crippen LogP contribution < -0.4 is 15.5 Å². The van der Waals surface area contributed by atoms with Gasteiger partial charge in [0.1, 0.15) is 5.58 Å². The van der Waals surface area contributed by atoms with Crippen LogP contribution in [0.1, 0.15) is 17.5 Å². The highest BCUT2D eigenvalue weighted by atomic mass is 35.5. The van der Waals surface area contributed by atoms with Gasteiger partial charge in [-0.1, -0.05) is 36.7 Å². The molecule has 0 unspecified atom stereocenters. The van der Waals surface area contributed by atoms with Gasteiger partial charge in [-0.2, -0.15) is 0 Å². The topological polar surface area (TPSA) is 60.8 Å². The number of nitrogens with zero attached hydrogens (tertiary/aromatic N) is 2. The van der Waals surface area contributed by atoms with E-state index in [-0.39, 0.29) is 10.9 Å². The van der Waals surface area contributed by atoms with E-state index in [4.69, 9.17) is 28.2 Å². The Morgan fingerprint density at radius 2 is 1.90 bits per heavy atom. The van der Waals surface area contributed by atoms with Crippen molar-refractivity contribution >= 4 is 57.2 Å². The van der Waals surface area contributed by atoms with Gasteiger partial charge >= 0.3 is 0 Å². The smallest absolute Gasteiger partial charge is 0.293 e. The summed E-state index contributed by atoms with van der Waals surface area (Å²) in [5.74, 6) is -0.194. The number of benzene rings is 2. The Bertz CT molecular complexity index is 1040. The molecule has 6 nitrogen and oxygen atoms in total. The van der Waals surface area contributed by atoms with Crippen LogP contribution in [0.2, 0.25) is 5.02 Å². The minimum atomic E-state index is -0.403. The molecule has 0 atom stereocenters.